The highest BCUT2D eigenvalue weighted by Gasteiger charge is 2.23. The zero-order chi connectivity index (χ0) is 21.9. The van der Waals surface area contributed by atoms with Gasteiger partial charge in [-0.15, -0.1) is 0 Å². The van der Waals surface area contributed by atoms with Crippen molar-refractivity contribution in [1.82, 2.24) is 14.5 Å². The predicted molar refractivity (Wildman–Crippen MR) is 130 cm³/mol. The number of para-hydroxylation sites is 2. The summed E-state index contributed by atoms with van der Waals surface area (Å²) in [4.78, 5) is 19.8. The van der Waals surface area contributed by atoms with Gasteiger partial charge < -0.3 is 9.47 Å². The van der Waals surface area contributed by atoms with Crippen LogP contribution in [0.25, 0.3) is 22.4 Å². The molecule has 1 heterocycles. The lowest BCUT2D eigenvalue weighted by atomic mass is 9.94. The molecule has 0 atom stereocenters. The highest BCUT2D eigenvalue weighted by molar-refractivity contribution is 5.94. The minimum atomic E-state index is 0.126. The first kappa shape index (κ1) is 20.5. The van der Waals surface area contributed by atoms with E-state index in [1.165, 1.54) is 19.3 Å². The normalized spacial score (nSPS) is 14.5. The van der Waals surface area contributed by atoms with E-state index in [4.69, 9.17) is 4.98 Å². The van der Waals surface area contributed by atoms with E-state index in [1.54, 1.807) is 0 Å². The molecule has 5 rings (SSSR count). The highest BCUT2D eigenvalue weighted by Crippen LogP contribution is 2.26. The Kier molecular flexibility index (Phi) is 5.76. The lowest BCUT2D eigenvalue weighted by Crippen LogP contribution is -2.38. The Bertz CT molecular complexity index is 1200. The Morgan fingerprint density at radius 2 is 1.59 bits per heavy atom. The number of hydrogen-bond donors (Lipinski definition) is 0. The molecule has 32 heavy (non-hydrogen) atoms. The molecule has 0 spiro atoms. The number of aromatic nitrogens is 2. The number of nitrogens with zero attached hydrogens (tertiary/aromatic N) is 3. The maximum atomic E-state index is 13.0. The second-order valence-electron chi connectivity index (χ2n) is 8.78. The van der Waals surface area contributed by atoms with E-state index in [9.17, 15) is 4.79 Å². The van der Waals surface area contributed by atoms with E-state index < -0.39 is 0 Å². The van der Waals surface area contributed by atoms with E-state index in [0.29, 0.717) is 12.6 Å². The molecular weight excluding hydrogens is 394 g/mol. The molecule has 0 radical (unpaired) electrons. The van der Waals surface area contributed by atoms with Crippen LogP contribution in [-0.4, -0.2) is 33.4 Å². The third-order valence-corrected chi connectivity index (χ3v) is 6.67. The van der Waals surface area contributed by atoms with Crippen LogP contribution < -0.4 is 0 Å². The van der Waals surface area contributed by atoms with E-state index >= 15 is 0 Å². The minimum absolute atomic E-state index is 0.126. The summed E-state index contributed by atoms with van der Waals surface area (Å²) in [5, 5.41) is 0. The van der Waals surface area contributed by atoms with Crippen LogP contribution in [0, 0.1) is 0 Å². The summed E-state index contributed by atoms with van der Waals surface area (Å²) < 4.78 is 2.26. The van der Waals surface area contributed by atoms with Crippen LogP contribution in [0.15, 0.2) is 78.9 Å². The lowest BCUT2D eigenvalue weighted by Gasteiger charge is -2.31. The molecule has 0 bridgehead atoms. The number of carbonyl (C=O) groups is 1. The fourth-order valence-electron chi connectivity index (χ4n) is 4.82. The van der Waals surface area contributed by atoms with Gasteiger partial charge in [0.05, 0.1) is 11.0 Å². The third-order valence-electron chi connectivity index (χ3n) is 6.67. The second kappa shape index (κ2) is 8.99. The summed E-state index contributed by atoms with van der Waals surface area (Å²) in [5.41, 5.74) is 5.13. The van der Waals surface area contributed by atoms with Crippen LogP contribution in [0.1, 0.15) is 48.0 Å². The first-order chi connectivity index (χ1) is 15.7. The fraction of sp³-hybridized carbons (Fsp3) is 0.286. The topological polar surface area (TPSA) is 38.1 Å². The number of rotatable bonds is 5. The van der Waals surface area contributed by atoms with Crippen molar-refractivity contribution in [2.75, 3.05) is 7.05 Å². The van der Waals surface area contributed by atoms with Gasteiger partial charge in [-0.3, -0.25) is 4.79 Å². The molecule has 0 aliphatic heterocycles. The lowest BCUT2D eigenvalue weighted by molar-refractivity contribution is 0.0696. The largest absolute Gasteiger partial charge is 0.339 e. The molecular formula is C28H29N3O. The van der Waals surface area contributed by atoms with Crippen LogP contribution in [0.2, 0.25) is 0 Å². The fourth-order valence-corrected chi connectivity index (χ4v) is 4.82. The van der Waals surface area contributed by atoms with Crippen molar-refractivity contribution < 1.29 is 4.79 Å². The van der Waals surface area contributed by atoms with Gasteiger partial charge in [0.15, 0.2) is 0 Å². The zero-order valence-electron chi connectivity index (χ0n) is 18.6. The summed E-state index contributed by atoms with van der Waals surface area (Å²) in [6, 6.07) is 27.0. The van der Waals surface area contributed by atoms with Crippen molar-refractivity contribution in [1.29, 1.82) is 0 Å². The van der Waals surface area contributed by atoms with Gasteiger partial charge in [0.25, 0.3) is 5.91 Å². The Morgan fingerprint density at radius 3 is 2.34 bits per heavy atom. The number of hydrogen-bond acceptors (Lipinski definition) is 2. The van der Waals surface area contributed by atoms with E-state index in [0.717, 1.165) is 46.4 Å². The first-order valence-electron chi connectivity index (χ1n) is 11.6. The van der Waals surface area contributed by atoms with Gasteiger partial charge in [0, 0.05) is 30.8 Å². The smallest absolute Gasteiger partial charge is 0.253 e. The van der Waals surface area contributed by atoms with Crippen LogP contribution >= 0.6 is 0 Å². The molecule has 1 aliphatic carbocycles. The molecule has 1 amide bonds. The Morgan fingerprint density at radius 1 is 0.906 bits per heavy atom. The molecule has 1 aromatic heterocycles. The zero-order valence-corrected chi connectivity index (χ0v) is 18.6. The minimum Gasteiger partial charge on any atom is -0.339 e. The molecule has 0 N–H and O–H groups in total. The quantitative estimate of drug-likeness (QED) is 0.386. The molecule has 0 saturated heterocycles. The van der Waals surface area contributed by atoms with Crippen molar-refractivity contribution in [3.05, 3.63) is 90.0 Å². The van der Waals surface area contributed by atoms with Crippen molar-refractivity contribution in [3.63, 3.8) is 0 Å². The molecule has 0 unspecified atom stereocenters. The number of amides is 1. The van der Waals surface area contributed by atoms with Crippen LogP contribution in [0.3, 0.4) is 0 Å². The number of imidazole rings is 1. The molecule has 4 nitrogen and oxygen atoms in total. The number of benzene rings is 3. The molecule has 1 saturated carbocycles. The van der Waals surface area contributed by atoms with Gasteiger partial charge >= 0.3 is 0 Å². The summed E-state index contributed by atoms with van der Waals surface area (Å²) in [7, 11) is 1.95. The summed E-state index contributed by atoms with van der Waals surface area (Å²) in [5.74, 6) is 1.09. The number of fused-ring (bicyclic) bond motifs is 1. The summed E-state index contributed by atoms with van der Waals surface area (Å²) in [6.45, 7) is 0.706. The molecule has 1 aliphatic rings. The number of carbonyl (C=O) groups excluding carboxylic acids is 1. The van der Waals surface area contributed by atoms with Gasteiger partial charge in [0.2, 0.25) is 0 Å². The molecule has 162 valence electrons. The van der Waals surface area contributed by atoms with Crippen LogP contribution in [0.5, 0.6) is 0 Å². The van der Waals surface area contributed by atoms with Gasteiger partial charge in [-0.25, -0.2) is 4.98 Å². The van der Waals surface area contributed by atoms with E-state index in [-0.39, 0.29) is 5.91 Å². The molecule has 1 fully saturated rings. The average Bonchev–Trinajstić information content (AvgIpc) is 3.23. The SMILES string of the molecule is CN(C(=O)c1ccc(Cn2c(-c3ccccc3)nc3ccccc32)cc1)C1CCCCC1. The van der Waals surface area contributed by atoms with E-state index in [1.807, 2.05) is 48.3 Å². The maximum Gasteiger partial charge on any atom is 0.253 e. The summed E-state index contributed by atoms with van der Waals surface area (Å²) in [6.07, 6.45) is 5.99. The van der Waals surface area contributed by atoms with Crippen molar-refractivity contribution >= 4 is 16.9 Å². The molecule has 4 aromatic rings. The standard InChI is InChI=1S/C28H29N3O/c1-30(24-12-6-3-7-13-24)28(32)23-18-16-21(17-19-23)20-31-26-15-9-8-14-25(26)29-27(31)22-10-4-2-5-11-22/h2,4-5,8-11,14-19,24H,3,6-7,12-13,20H2,1H3. The monoisotopic (exact) mass is 423 g/mol. The first-order valence-corrected chi connectivity index (χ1v) is 11.6. The third kappa shape index (κ3) is 4.05. The van der Waals surface area contributed by atoms with Gasteiger partial charge in [0.1, 0.15) is 5.82 Å². The van der Waals surface area contributed by atoms with Gasteiger partial charge in [-0.05, 0) is 42.7 Å². The molecule has 3 aromatic carbocycles. The predicted octanol–water partition coefficient (Wildman–Crippen LogP) is 6.16. The average molecular weight is 424 g/mol. The van der Waals surface area contributed by atoms with Crippen molar-refractivity contribution in [2.45, 2.75) is 44.7 Å². The highest BCUT2D eigenvalue weighted by atomic mass is 16.2. The summed E-state index contributed by atoms with van der Waals surface area (Å²) >= 11 is 0. The Balaban J connectivity index is 1.41. The van der Waals surface area contributed by atoms with Crippen LogP contribution in [0.4, 0.5) is 0 Å². The van der Waals surface area contributed by atoms with Gasteiger partial charge in [-0.1, -0.05) is 73.9 Å². The van der Waals surface area contributed by atoms with E-state index in [2.05, 4.69) is 47.0 Å². The van der Waals surface area contributed by atoms with Crippen molar-refractivity contribution in [3.8, 4) is 11.4 Å². The second-order valence-corrected chi connectivity index (χ2v) is 8.78. The Labute approximate surface area is 189 Å². The Hall–Kier alpha value is -3.40. The van der Waals surface area contributed by atoms with Crippen LogP contribution in [-0.2, 0) is 6.54 Å². The molecule has 4 heteroatoms. The van der Waals surface area contributed by atoms with Crippen molar-refractivity contribution in [2.24, 2.45) is 0 Å². The van der Waals surface area contributed by atoms with Gasteiger partial charge in [-0.2, -0.15) is 0 Å². The maximum absolute atomic E-state index is 13.0.